The van der Waals surface area contributed by atoms with Gasteiger partial charge in [-0.2, -0.15) is 0 Å². The highest BCUT2D eigenvalue weighted by molar-refractivity contribution is 7.93. The molecule has 36 heavy (non-hydrogen) atoms. The van der Waals surface area contributed by atoms with Crippen molar-refractivity contribution in [3.8, 4) is 5.75 Å². The Morgan fingerprint density at radius 1 is 0.917 bits per heavy atom. The van der Waals surface area contributed by atoms with E-state index in [-0.39, 0.29) is 34.3 Å². The molecular weight excluding hydrogens is 482 g/mol. The van der Waals surface area contributed by atoms with Gasteiger partial charge in [-0.25, -0.2) is 12.7 Å². The number of anilines is 2. The Bertz CT molecular complexity index is 1320. The molecule has 1 heterocycles. The first-order chi connectivity index (χ1) is 17.3. The Hall–Kier alpha value is -3.89. The molecular formula is C26H27N3O6S. The van der Waals surface area contributed by atoms with Gasteiger partial charge in [-0.3, -0.25) is 9.59 Å². The number of aromatic hydroxyl groups is 1. The highest BCUT2D eigenvalue weighted by atomic mass is 32.2. The molecule has 0 saturated carbocycles. The second-order valence-electron chi connectivity index (χ2n) is 8.41. The average molecular weight is 510 g/mol. The number of benzene rings is 3. The zero-order valence-electron chi connectivity index (χ0n) is 19.4. The number of aliphatic hydroxyl groups is 1. The molecule has 1 aliphatic heterocycles. The van der Waals surface area contributed by atoms with Crippen molar-refractivity contribution in [3.63, 3.8) is 0 Å². The van der Waals surface area contributed by atoms with Gasteiger partial charge in [-0.1, -0.05) is 30.3 Å². The van der Waals surface area contributed by atoms with E-state index in [0.717, 1.165) is 4.31 Å². The van der Waals surface area contributed by atoms with E-state index >= 15 is 0 Å². The van der Waals surface area contributed by atoms with Crippen LogP contribution in [0.25, 0.3) is 0 Å². The average Bonchev–Trinajstić information content (AvgIpc) is 2.89. The molecule has 0 spiro atoms. The molecule has 188 valence electrons. The lowest BCUT2D eigenvalue weighted by Crippen LogP contribution is -2.45. The van der Waals surface area contributed by atoms with E-state index in [9.17, 15) is 28.2 Å². The Labute approximate surface area is 209 Å². The monoisotopic (exact) mass is 509 g/mol. The minimum absolute atomic E-state index is 0.0749. The van der Waals surface area contributed by atoms with Crippen molar-refractivity contribution < 1.29 is 28.2 Å². The van der Waals surface area contributed by atoms with Crippen LogP contribution in [0.15, 0.2) is 83.8 Å². The molecule has 3 N–H and O–H groups in total. The fourth-order valence-electron chi connectivity index (χ4n) is 3.98. The number of piperidine rings is 1. The normalized spacial score (nSPS) is 14.3. The summed E-state index contributed by atoms with van der Waals surface area (Å²) in [6.07, 6.45) is 0.620. The summed E-state index contributed by atoms with van der Waals surface area (Å²) >= 11 is 0. The second kappa shape index (κ2) is 10.8. The number of likely N-dealkylation sites (tertiary alicyclic amines) is 1. The van der Waals surface area contributed by atoms with E-state index in [1.54, 1.807) is 47.4 Å². The van der Waals surface area contributed by atoms with Crippen molar-refractivity contribution in [2.45, 2.75) is 23.8 Å². The molecule has 10 heteroatoms. The number of carbonyl (C=O) groups is 2. The number of para-hydroxylation sites is 3. The molecule has 1 saturated heterocycles. The fourth-order valence-corrected chi connectivity index (χ4v) is 5.48. The predicted octanol–water partition coefficient (Wildman–Crippen LogP) is 2.63. The van der Waals surface area contributed by atoms with Gasteiger partial charge in [-0.05, 0) is 61.4 Å². The van der Waals surface area contributed by atoms with E-state index < -0.39 is 22.0 Å². The van der Waals surface area contributed by atoms with Gasteiger partial charge in [0.05, 0.1) is 28.9 Å². The number of rotatable bonds is 7. The Morgan fingerprint density at radius 2 is 1.53 bits per heavy atom. The van der Waals surface area contributed by atoms with Gasteiger partial charge >= 0.3 is 0 Å². The van der Waals surface area contributed by atoms with E-state index in [1.807, 2.05) is 0 Å². The standard InChI is InChI=1S/C26H27N3O6S/c30-21-14-16-28(17-15-21)25(32)18-27-26(33)19-10-12-22(13-11-19)36(34,35)29(20-6-2-1-3-7-20)23-8-4-5-9-24(23)31/h1-13,21,30-31H,14-18H2,(H,27,33). The van der Waals surface area contributed by atoms with Crippen molar-refractivity contribution in [2.24, 2.45) is 0 Å². The lowest BCUT2D eigenvalue weighted by atomic mass is 10.1. The summed E-state index contributed by atoms with van der Waals surface area (Å²) in [5, 5.41) is 22.5. The Kier molecular flexibility index (Phi) is 7.56. The summed E-state index contributed by atoms with van der Waals surface area (Å²) in [6, 6.07) is 19.9. The molecule has 3 aromatic rings. The van der Waals surface area contributed by atoms with Crippen LogP contribution in [0.1, 0.15) is 23.2 Å². The SMILES string of the molecule is O=C(NCC(=O)N1CCC(O)CC1)c1ccc(S(=O)(=O)N(c2ccccc2)c2ccccc2O)cc1. The van der Waals surface area contributed by atoms with Crippen LogP contribution in [0.3, 0.4) is 0 Å². The van der Waals surface area contributed by atoms with Crippen molar-refractivity contribution in [1.29, 1.82) is 0 Å². The van der Waals surface area contributed by atoms with Crippen molar-refractivity contribution >= 4 is 33.2 Å². The smallest absolute Gasteiger partial charge is 0.268 e. The van der Waals surface area contributed by atoms with Crippen LogP contribution in [0.4, 0.5) is 11.4 Å². The second-order valence-corrected chi connectivity index (χ2v) is 10.2. The van der Waals surface area contributed by atoms with Crippen LogP contribution in [0.2, 0.25) is 0 Å². The van der Waals surface area contributed by atoms with E-state index in [2.05, 4.69) is 5.32 Å². The van der Waals surface area contributed by atoms with Gasteiger partial charge < -0.3 is 20.4 Å². The highest BCUT2D eigenvalue weighted by Gasteiger charge is 2.29. The molecule has 1 fully saturated rings. The maximum absolute atomic E-state index is 13.6. The number of carbonyl (C=O) groups excluding carboxylic acids is 2. The predicted molar refractivity (Wildman–Crippen MR) is 134 cm³/mol. The fraction of sp³-hybridized carbons (Fsp3) is 0.231. The number of amides is 2. The van der Waals surface area contributed by atoms with Crippen LogP contribution < -0.4 is 9.62 Å². The number of sulfonamides is 1. The zero-order valence-corrected chi connectivity index (χ0v) is 20.3. The molecule has 2 amide bonds. The molecule has 0 aromatic heterocycles. The van der Waals surface area contributed by atoms with Gasteiger partial charge in [0.1, 0.15) is 5.75 Å². The van der Waals surface area contributed by atoms with E-state index in [0.29, 0.717) is 31.6 Å². The van der Waals surface area contributed by atoms with E-state index in [4.69, 9.17) is 0 Å². The summed E-state index contributed by atoms with van der Waals surface area (Å²) in [4.78, 5) is 26.4. The highest BCUT2D eigenvalue weighted by Crippen LogP contribution is 2.37. The zero-order chi connectivity index (χ0) is 25.7. The first-order valence-electron chi connectivity index (χ1n) is 11.5. The van der Waals surface area contributed by atoms with Gasteiger partial charge in [0.25, 0.3) is 15.9 Å². The summed E-state index contributed by atoms with van der Waals surface area (Å²) in [6.45, 7) is 0.693. The number of phenolic OH excluding ortho intramolecular Hbond substituents is 1. The number of nitrogens with zero attached hydrogens (tertiary/aromatic N) is 2. The van der Waals surface area contributed by atoms with Gasteiger partial charge in [-0.15, -0.1) is 0 Å². The Morgan fingerprint density at radius 3 is 2.17 bits per heavy atom. The summed E-state index contributed by atoms with van der Waals surface area (Å²) in [5.74, 6) is -0.950. The van der Waals surface area contributed by atoms with Crippen molar-refractivity contribution in [2.75, 3.05) is 23.9 Å². The minimum atomic E-state index is -4.16. The third-order valence-electron chi connectivity index (χ3n) is 5.96. The lowest BCUT2D eigenvalue weighted by molar-refractivity contribution is -0.132. The topological polar surface area (TPSA) is 127 Å². The summed E-state index contributed by atoms with van der Waals surface area (Å²) in [5.41, 5.74) is 0.628. The van der Waals surface area contributed by atoms with Crippen LogP contribution in [0.5, 0.6) is 5.75 Å². The number of hydrogen-bond donors (Lipinski definition) is 3. The first-order valence-corrected chi connectivity index (χ1v) is 12.9. The molecule has 0 aliphatic carbocycles. The van der Waals surface area contributed by atoms with Crippen molar-refractivity contribution in [3.05, 3.63) is 84.4 Å². The van der Waals surface area contributed by atoms with E-state index in [1.165, 1.54) is 36.4 Å². The number of nitrogens with one attached hydrogen (secondary N) is 1. The third-order valence-corrected chi connectivity index (χ3v) is 7.72. The summed E-state index contributed by atoms with van der Waals surface area (Å²) in [7, 11) is -4.16. The number of hydrogen-bond acceptors (Lipinski definition) is 6. The number of aliphatic hydroxyl groups excluding tert-OH is 1. The molecule has 0 bridgehead atoms. The largest absolute Gasteiger partial charge is 0.506 e. The minimum Gasteiger partial charge on any atom is -0.506 e. The van der Waals surface area contributed by atoms with Crippen LogP contribution >= 0.6 is 0 Å². The van der Waals surface area contributed by atoms with Crippen molar-refractivity contribution in [1.82, 2.24) is 10.2 Å². The van der Waals surface area contributed by atoms with Crippen LogP contribution in [0, 0.1) is 0 Å². The van der Waals surface area contributed by atoms with Gasteiger partial charge in [0.15, 0.2) is 0 Å². The van der Waals surface area contributed by atoms with Gasteiger partial charge in [0.2, 0.25) is 5.91 Å². The van der Waals surface area contributed by atoms with Gasteiger partial charge in [0, 0.05) is 18.7 Å². The quantitative estimate of drug-likeness (QED) is 0.449. The molecule has 3 aromatic carbocycles. The third kappa shape index (κ3) is 5.50. The molecule has 1 aliphatic rings. The Balaban J connectivity index is 1.51. The molecule has 9 nitrogen and oxygen atoms in total. The lowest BCUT2D eigenvalue weighted by Gasteiger charge is -2.29. The maximum atomic E-state index is 13.6. The van der Waals surface area contributed by atoms with Crippen LogP contribution in [-0.4, -0.2) is 61.1 Å². The van der Waals surface area contributed by atoms with Crippen LogP contribution in [-0.2, 0) is 14.8 Å². The number of phenols is 1. The molecule has 0 unspecified atom stereocenters. The molecule has 4 rings (SSSR count). The first kappa shape index (κ1) is 25.2. The maximum Gasteiger partial charge on any atom is 0.268 e. The summed E-state index contributed by atoms with van der Waals surface area (Å²) < 4.78 is 28.3. The molecule has 0 atom stereocenters. The molecule has 0 radical (unpaired) electrons.